The zero-order valence-electron chi connectivity index (χ0n) is 15.3. The van der Waals surface area contributed by atoms with Gasteiger partial charge < -0.3 is 14.4 Å². The Labute approximate surface area is 161 Å². The number of nitrogens with zero attached hydrogens (tertiary/aromatic N) is 1. The number of fused-ring (bicyclic) bond motifs is 1. The molecular weight excluding hydrogens is 358 g/mol. The summed E-state index contributed by atoms with van der Waals surface area (Å²) in [5.41, 5.74) is 1.57. The molecule has 0 unspecified atom stereocenters. The fourth-order valence-corrected chi connectivity index (χ4v) is 3.66. The first-order valence-corrected chi connectivity index (χ1v) is 9.11. The van der Waals surface area contributed by atoms with Crippen molar-refractivity contribution >= 4 is 22.8 Å². The van der Waals surface area contributed by atoms with Crippen molar-refractivity contribution in [2.75, 3.05) is 13.1 Å². The molecule has 1 aliphatic rings. The summed E-state index contributed by atoms with van der Waals surface area (Å²) in [5, 5.41) is 9.53. The molecule has 1 N–H and O–H groups in total. The highest BCUT2D eigenvalue weighted by molar-refractivity contribution is 6.05. The first-order chi connectivity index (χ1) is 13.5. The average Bonchev–Trinajstić information content (AvgIpc) is 3.21. The van der Waals surface area contributed by atoms with Crippen LogP contribution in [-0.2, 0) is 4.79 Å². The zero-order valence-corrected chi connectivity index (χ0v) is 15.3. The standard InChI is InChI=1S/C22H19NO5/c1-13-18(24)16-8-5-9-17(21(25)23-11-10-15(12-23)22(26)27)20(16)28-19(13)14-6-3-2-4-7-14/h2-9,15H,10-12H2,1H3,(H,26,27)/t15-/m1/s1. The number of hydrogen-bond donors (Lipinski definition) is 1. The molecule has 1 atom stereocenters. The highest BCUT2D eigenvalue weighted by Gasteiger charge is 2.32. The molecular formula is C22H19NO5. The van der Waals surface area contributed by atoms with E-state index < -0.39 is 11.9 Å². The van der Waals surface area contributed by atoms with Crippen molar-refractivity contribution in [1.82, 2.24) is 4.90 Å². The van der Waals surface area contributed by atoms with Crippen molar-refractivity contribution in [2.45, 2.75) is 13.3 Å². The molecule has 142 valence electrons. The van der Waals surface area contributed by atoms with Gasteiger partial charge in [-0.2, -0.15) is 0 Å². The summed E-state index contributed by atoms with van der Waals surface area (Å²) in [6, 6.07) is 14.2. The first-order valence-electron chi connectivity index (χ1n) is 9.11. The van der Waals surface area contributed by atoms with E-state index in [9.17, 15) is 19.5 Å². The van der Waals surface area contributed by atoms with Gasteiger partial charge in [-0.05, 0) is 25.5 Å². The number of carbonyl (C=O) groups is 2. The molecule has 1 aliphatic heterocycles. The molecule has 4 rings (SSSR count). The van der Waals surface area contributed by atoms with E-state index >= 15 is 0 Å². The summed E-state index contributed by atoms with van der Waals surface area (Å²) < 4.78 is 6.08. The second kappa shape index (κ2) is 6.96. The Hall–Kier alpha value is -3.41. The Balaban J connectivity index is 1.84. The molecule has 0 aliphatic carbocycles. The van der Waals surface area contributed by atoms with E-state index in [1.165, 1.54) is 4.90 Å². The lowest BCUT2D eigenvalue weighted by atomic mass is 10.0. The third kappa shape index (κ3) is 2.97. The fraction of sp³-hybridized carbons (Fsp3) is 0.227. The van der Waals surface area contributed by atoms with E-state index in [4.69, 9.17) is 4.42 Å². The van der Waals surface area contributed by atoms with Crippen LogP contribution in [0, 0.1) is 12.8 Å². The molecule has 1 fully saturated rings. The summed E-state index contributed by atoms with van der Waals surface area (Å²) in [6.07, 6.45) is 0.421. The quantitative estimate of drug-likeness (QED) is 0.757. The van der Waals surface area contributed by atoms with Crippen LogP contribution in [-0.4, -0.2) is 35.0 Å². The summed E-state index contributed by atoms with van der Waals surface area (Å²) in [7, 11) is 0. The summed E-state index contributed by atoms with van der Waals surface area (Å²) in [4.78, 5) is 38.7. The van der Waals surface area contributed by atoms with E-state index in [0.29, 0.717) is 29.7 Å². The van der Waals surface area contributed by atoms with Crippen LogP contribution in [0.25, 0.3) is 22.3 Å². The van der Waals surface area contributed by atoms with Crippen LogP contribution in [0.4, 0.5) is 0 Å². The lowest BCUT2D eigenvalue weighted by Crippen LogP contribution is -2.30. The molecule has 2 aromatic carbocycles. The third-order valence-corrected chi connectivity index (χ3v) is 5.24. The van der Waals surface area contributed by atoms with Gasteiger partial charge in [0.2, 0.25) is 0 Å². The SMILES string of the molecule is Cc1c(-c2ccccc2)oc2c(C(=O)N3CC[C@@H](C(=O)O)C3)cccc2c1=O. The van der Waals surface area contributed by atoms with Gasteiger partial charge in [0.1, 0.15) is 5.76 Å². The van der Waals surface area contributed by atoms with Crippen LogP contribution in [0.5, 0.6) is 0 Å². The zero-order chi connectivity index (χ0) is 19.8. The molecule has 28 heavy (non-hydrogen) atoms. The van der Waals surface area contributed by atoms with Crippen molar-refractivity contribution in [1.29, 1.82) is 0 Å². The third-order valence-electron chi connectivity index (χ3n) is 5.24. The molecule has 1 amide bonds. The van der Waals surface area contributed by atoms with Gasteiger partial charge >= 0.3 is 5.97 Å². The number of aliphatic carboxylic acids is 1. The molecule has 1 saturated heterocycles. The number of hydrogen-bond acceptors (Lipinski definition) is 4. The summed E-state index contributed by atoms with van der Waals surface area (Å²) >= 11 is 0. The smallest absolute Gasteiger partial charge is 0.308 e. The van der Waals surface area contributed by atoms with Gasteiger partial charge in [0.05, 0.1) is 16.9 Å². The Morgan fingerprint density at radius 2 is 1.86 bits per heavy atom. The summed E-state index contributed by atoms with van der Waals surface area (Å²) in [6.45, 7) is 2.24. The lowest BCUT2D eigenvalue weighted by molar-refractivity contribution is -0.141. The minimum atomic E-state index is -0.901. The first kappa shape index (κ1) is 18.0. The van der Waals surface area contributed by atoms with Crippen molar-refractivity contribution in [3.8, 4) is 11.3 Å². The van der Waals surface area contributed by atoms with Crippen molar-refractivity contribution in [3.63, 3.8) is 0 Å². The molecule has 0 spiro atoms. The molecule has 1 aromatic heterocycles. The molecule has 0 bridgehead atoms. The van der Waals surface area contributed by atoms with Gasteiger partial charge in [-0.1, -0.05) is 36.4 Å². The van der Waals surface area contributed by atoms with E-state index in [0.717, 1.165) is 5.56 Å². The maximum atomic E-state index is 13.0. The highest BCUT2D eigenvalue weighted by Crippen LogP contribution is 2.28. The van der Waals surface area contributed by atoms with Gasteiger partial charge in [0.15, 0.2) is 11.0 Å². The molecule has 6 nitrogen and oxygen atoms in total. The molecule has 6 heteroatoms. The van der Waals surface area contributed by atoms with E-state index in [-0.39, 0.29) is 29.0 Å². The van der Waals surface area contributed by atoms with E-state index in [2.05, 4.69) is 0 Å². The normalized spacial score (nSPS) is 16.5. The van der Waals surface area contributed by atoms with Gasteiger partial charge in [-0.3, -0.25) is 14.4 Å². The number of benzene rings is 2. The van der Waals surface area contributed by atoms with Crippen molar-refractivity contribution in [3.05, 3.63) is 69.9 Å². The molecule has 0 saturated carbocycles. The number of rotatable bonds is 3. The number of carboxylic acid groups (broad SMARTS) is 1. The molecule has 3 aromatic rings. The van der Waals surface area contributed by atoms with Crippen LogP contribution < -0.4 is 5.43 Å². The minimum absolute atomic E-state index is 0.159. The Bertz CT molecular complexity index is 1130. The van der Waals surface area contributed by atoms with Gasteiger partial charge in [0.25, 0.3) is 5.91 Å². The van der Waals surface area contributed by atoms with Gasteiger partial charge in [0, 0.05) is 24.2 Å². The maximum absolute atomic E-state index is 13.0. The van der Waals surface area contributed by atoms with Crippen molar-refractivity contribution in [2.24, 2.45) is 5.92 Å². The minimum Gasteiger partial charge on any atom is -0.481 e. The van der Waals surface area contributed by atoms with Crippen LogP contribution >= 0.6 is 0 Å². The van der Waals surface area contributed by atoms with Crippen LogP contribution in [0.3, 0.4) is 0 Å². The van der Waals surface area contributed by atoms with Gasteiger partial charge in [-0.15, -0.1) is 0 Å². The predicted molar refractivity (Wildman–Crippen MR) is 104 cm³/mol. The largest absolute Gasteiger partial charge is 0.481 e. The Kier molecular flexibility index (Phi) is 4.47. The van der Waals surface area contributed by atoms with Crippen LogP contribution in [0.2, 0.25) is 0 Å². The van der Waals surface area contributed by atoms with Crippen LogP contribution in [0.15, 0.2) is 57.7 Å². The van der Waals surface area contributed by atoms with Gasteiger partial charge in [-0.25, -0.2) is 0 Å². The van der Waals surface area contributed by atoms with E-state index in [1.54, 1.807) is 25.1 Å². The number of carboxylic acids is 1. The summed E-state index contributed by atoms with van der Waals surface area (Å²) in [5.74, 6) is -1.35. The number of amides is 1. The number of para-hydroxylation sites is 1. The van der Waals surface area contributed by atoms with Crippen molar-refractivity contribution < 1.29 is 19.1 Å². The topological polar surface area (TPSA) is 87.8 Å². The number of carbonyl (C=O) groups excluding carboxylic acids is 1. The average molecular weight is 377 g/mol. The highest BCUT2D eigenvalue weighted by atomic mass is 16.4. The predicted octanol–water partition coefficient (Wildman–Crippen LogP) is 3.32. The van der Waals surface area contributed by atoms with E-state index in [1.807, 2.05) is 30.3 Å². The second-order valence-corrected chi connectivity index (χ2v) is 7.01. The molecule has 0 radical (unpaired) electrons. The molecule has 2 heterocycles. The number of likely N-dealkylation sites (tertiary alicyclic amines) is 1. The monoisotopic (exact) mass is 377 g/mol. The Morgan fingerprint density at radius 1 is 1.11 bits per heavy atom. The second-order valence-electron chi connectivity index (χ2n) is 7.01. The Morgan fingerprint density at radius 3 is 2.54 bits per heavy atom. The van der Waals surface area contributed by atoms with Crippen LogP contribution in [0.1, 0.15) is 22.3 Å². The fourth-order valence-electron chi connectivity index (χ4n) is 3.66. The lowest BCUT2D eigenvalue weighted by Gasteiger charge is -2.17. The maximum Gasteiger partial charge on any atom is 0.308 e.